The predicted octanol–water partition coefficient (Wildman–Crippen LogP) is 3.01. The second-order valence-electron chi connectivity index (χ2n) is 2.31. The van der Waals surface area contributed by atoms with Crippen LogP contribution in [0.25, 0.3) is 0 Å². The highest BCUT2D eigenvalue weighted by molar-refractivity contribution is 9.11. The van der Waals surface area contributed by atoms with Crippen LogP contribution in [0.5, 0.6) is 0 Å². The molecule has 0 amide bonds. The maximum Gasteiger partial charge on any atom is 0.0724 e. The van der Waals surface area contributed by atoms with Crippen molar-refractivity contribution in [2.75, 3.05) is 13.7 Å². The molecule has 0 spiro atoms. The highest BCUT2D eigenvalue weighted by Crippen LogP contribution is 2.28. The van der Waals surface area contributed by atoms with Crippen molar-refractivity contribution in [3.63, 3.8) is 0 Å². The highest BCUT2D eigenvalue weighted by Gasteiger charge is 2.09. The van der Waals surface area contributed by atoms with Gasteiger partial charge < -0.3 is 4.74 Å². The van der Waals surface area contributed by atoms with Gasteiger partial charge in [0.2, 0.25) is 0 Å². The molecule has 11 heavy (non-hydrogen) atoms. The van der Waals surface area contributed by atoms with E-state index in [9.17, 15) is 0 Å². The Hall–Kier alpha value is 0.210. The van der Waals surface area contributed by atoms with Crippen LogP contribution in [0.15, 0.2) is 21.2 Å². The fraction of sp³-hybridized carbons (Fsp3) is 0.375. The maximum absolute atomic E-state index is 5.91. The second-order valence-corrected chi connectivity index (χ2v) is 3.73. The van der Waals surface area contributed by atoms with E-state index >= 15 is 0 Å². The molecule has 0 aliphatic heterocycles. The van der Waals surface area contributed by atoms with Gasteiger partial charge in [-0.2, -0.15) is 0 Å². The monoisotopic (exact) mass is 235 g/mol. The lowest BCUT2D eigenvalue weighted by molar-refractivity contribution is 0.228. The van der Waals surface area contributed by atoms with E-state index in [1.54, 1.807) is 7.11 Å². The van der Waals surface area contributed by atoms with Crippen molar-refractivity contribution < 1.29 is 4.74 Å². The van der Waals surface area contributed by atoms with Gasteiger partial charge in [0.1, 0.15) is 0 Å². The minimum Gasteiger partial charge on any atom is -0.380 e. The summed E-state index contributed by atoms with van der Waals surface area (Å²) in [7, 11) is 1.66. The molecule has 0 unspecified atom stereocenters. The topological polar surface area (TPSA) is 9.23 Å². The largest absolute Gasteiger partial charge is 0.380 e. The SMILES string of the molecule is COCC1=C(Cl)[CH]CC(Br)=C1. The minimum atomic E-state index is 0.574. The summed E-state index contributed by atoms with van der Waals surface area (Å²) in [6, 6.07) is 0. The zero-order chi connectivity index (χ0) is 8.27. The average Bonchev–Trinajstić information content (AvgIpc) is 1.98. The predicted molar refractivity (Wildman–Crippen MR) is 50.7 cm³/mol. The molecule has 0 saturated heterocycles. The van der Waals surface area contributed by atoms with Gasteiger partial charge in [-0.15, -0.1) is 0 Å². The first kappa shape index (κ1) is 9.30. The number of methoxy groups -OCH3 is 1. The summed E-state index contributed by atoms with van der Waals surface area (Å²) in [6.07, 6.45) is 4.86. The third-order valence-corrected chi connectivity index (χ3v) is 2.36. The summed E-state index contributed by atoms with van der Waals surface area (Å²) >= 11 is 9.31. The Bertz CT molecular complexity index is 208. The van der Waals surface area contributed by atoms with Crippen LogP contribution in [0.1, 0.15) is 6.42 Å². The molecule has 0 saturated carbocycles. The van der Waals surface area contributed by atoms with Gasteiger partial charge in [0, 0.05) is 18.6 Å². The zero-order valence-electron chi connectivity index (χ0n) is 6.23. The van der Waals surface area contributed by atoms with Crippen molar-refractivity contribution in [2.24, 2.45) is 0 Å². The Morgan fingerprint density at radius 1 is 1.73 bits per heavy atom. The van der Waals surface area contributed by atoms with E-state index < -0.39 is 0 Å². The standard InChI is InChI=1S/C8H9BrClO/c1-11-5-6-4-7(9)2-3-8(6)10/h3-4H,2,5H2,1H3. The molecule has 0 aromatic rings. The van der Waals surface area contributed by atoms with E-state index in [4.69, 9.17) is 16.3 Å². The number of rotatable bonds is 2. The first-order valence-electron chi connectivity index (χ1n) is 3.31. The second kappa shape index (κ2) is 4.29. The normalized spacial score (nSPS) is 18.6. The fourth-order valence-electron chi connectivity index (χ4n) is 0.901. The number of allylic oxidation sites excluding steroid dienone is 2. The van der Waals surface area contributed by atoms with Crippen LogP contribution >= 0.6 is 27.5 Å². The van der Waals surface area contributed by atoms with Gasteiger partial charge in [0.15, 0.2) is 0 Å². The van der Waals surface area contributed by atoms with Crippen molar-refractivity contribution in [2.45, 2.75) is 6.42 Å². The fourth-order valence-corrected chi connectivity index (χ4v) is 1.53. The summed E-state index contributed by atoms with van der Waals surface area (Å²) in [5.41, 5.74) is 1.03. The van der Waals surface area contributed by atoms with Gasteiger partial charge in [-0.25, -0.2) is 0 Å². The molecule has 1 aliphatic rings. The number of ether oxygens (including phenoxy) is 1. The third-order valence-electron chi connectivity index (χ3n) is 1.41. The molecule has 0 bridgehead atoms. The van der Waals surface area contributed by atoms with E-state index in [-0.39, 0.29) is 0 Å². The van der Waals surface area contributed by atoms with Gasteiger partial charge in [-0.3, -0.25) is 0 Å². The molecule has 0 atom stereocenters. The van der Waals surface area contributed by atoms with Crippen LogP contribution in [-0.2, 0) is 4.74 Å². The molecule has 1 aliphatic carbocycles. The van der Waals surface area contributed by atoms with Crippen LogP contribution in [0.2, 0.25) is 0 Å². The lowest BCUT2D eigenvalue weighted by Crippen LogP contribution is -1.99. The quantitative estimate of drug-likeness (QED) is 0.716. The summed E-state index contributed by atoms with van der Waals surface area (Å²) in [5, 5.41) is 0.801. The Morgan fingerprint density at radius 2 is 2.45 bits per heavy atom. The smallest absolute Gasteiger partial charge is 0.0724 e. The van der Waals surface area contributed by atoms with E-state index in [0.717, 1.165) is 21.5 Å². The van der Waals surface area contributed by atoms with Gasteiger partial charge in [-0.1, -0.05) is 27.5 Å². The molecule has 0 heterocycles. The Labute approximate surface area is 80.2 Å². The van der Waals surface area contributed by atoms with Gasteiger partial charge in [0.05, 0.1) is 6.61 Å². The molecule has 61 valence electrons. The van der Waals surface area contributed by atoms with Crippen LogP contribution in [-0.4, -0.2) is 13.7 Å². The van der Waals surface area contributed by atoms with E-state index in [2.05, 4.69) is 15.9 Å². The van der Waals surface area contributed by atoms with Crippen molar-refractivity contribution in [3.05, 3.63) is 27.6 Å². The molecular formula is C8H9BrClO. The molecule has 1 rings (SSSR count). The van der Waals surface area contributed by atoms with Crippen molar-refractivity contribution in [1.29, 1.82) is 0 Å². The molecule has 0 N–H and O–H groups in total. The Balaban J connectivity index is 2.71. The third kappa shape index (κ3) is 2.62. The maximum atomic E-state index is 5.91. The van der Waals surface area contributed by atoms with E-state index in [0.29, 0.717) is 6.61 Å². The molecule has 1 radical (unpaired) electrons. The van der Waals surface area contributed by atoms with Gasteiger partial charge in [-0.05, 0) is 22.6 Å². The number of hydrogen-bond acceptors (Lipinski definition) is 1. The molecule has 3 heteroatoms. The highest BCUT2D eigenvalue weighted by atomic mass is 79.9. The van der Waals surface area contributed by atoms with Gasteiger partial charge >= 0.3 is 0 Å². The average molecular weight is 237 g/mol. The van der Waals surface area contributed by atoms with Crippen molar-refractivity contribution >= 4 is 27.5 Å². The molecule has 1 nitrogen and oxygen atoms in total. The summed E-state index contributed by atoms with van der Waals surface area (Å²) in [4.78, 5) is 0. The molecular weight excluding hydrogens is 227 g/mol. The first-order chi connectivity index (χ1) is 5.24. The zero-order valence-corrected chi connectivity index (χ0v) is 8.58. The summed E-state index contributed by atoms with van der Waals surface area (Å²) < 4.78 is 6.12. The first-order valence-corrected chi connectivity index (χ1v) is 4.48. The van der Waals surface area contributed by atoms with Crippen molar-refractivity contribution in [1.82, 2.24) is 0 Å². The van der Waals surface area contributed by atoms with Crippen LogP contribution < -0.4 is 0 Å². The Morgan fingerprint density at radius 3 is 3.09 bits per heavy atom. The van der Waals surface area contributed by atoms with Crippen LogP contribution in [0.3, 0.4) is 0 Å². The molecule has 0 aromatic heterocycles. The molecule has 0 aromatic carbocycles. The van der Waals surface area contributed by atoms with Crippen LogP contribution in [0, 0.1) is 6.42 Å². The summed E-state index contributed by atoms with van der Waals surface area (Å²) in [6.45, 7) is 0.574. The minimum absolute atomic E-state index is 0.574. The van der Waals surface area contributed by atoms with Gasteiger partial charge in [0.25, 0.3) is 0 Å². The van der Waals surface area contributed by atoms with Crippen LogP contribution in [0.4, 0.5) is 0 Å². The lowest BCUT2D eigenvalue weighted by Gasteiger charge is -2.11. The van der Waals surface area contributed by atoms with E-state index in [1.807, 2.05) is 12.5 Å². The lowest BCUT2D eigenvalue weighted by atomic mass is 10.1. The van der Waals surface area contributed by atoms with Crippen molar-refractivity contribution in [3.8, 4) is 0 Å². The molecule has 0 fully saturated rings. The number of hydrogen-bond donors (Lipinski definition) is 0. The van der Waals surface area contributed by atoms with E-state index in [1.165, 1.54) is 0 Å². The summed E-state index contributed by atoms with van der Waals surface area (Å²) in [5.74, 6) is 0. The Kier molecular flexibility index (Phi) is 3.63. The number of halogens is 2.